The number of benzene rings is 2. The molecule has 5 nitrogen and oxygen atoms in total. The van der Waals surface area contributed by atoms with Crippen LogP contribution >= 0.6 is 0 Å². The number of rotatable bonds is 11. The number of nitrogens with one attached hydrogen (secondary N) is 1. The number of hydrogen-bond acceptors (Lipinski definition) is 5. The van der Waals surface area contributed by atoms with Crippen LogP contribution in [0.3, 0.4) is 0 Å². The quantitative estimate of drug-likeness (QED) is 0.613. The standard InChI is InChI=1S/C20H27NO4/c1-16-5-3-4-6-18(16)15-25-19-8-7-17(13-20(19)23-2)14-21-9-11-24-12-10-22/h3-8,13,21-22H,9-12,14-15H2,1-2H3. The highest BCUT2D eigenvalue weighted by Crippen LogP contribution is 2.29. The van der Waals surface area contributed by atoms with Crippen molar-refractivity contribution in [1.29, 1.82) is 0 Å². The normalized spacial score (nSPS) is 10.7. The van der Waals surface area contributed by atoms with E-state index in [9.17, 15) is 0 Å². The summed E-state index contributed by atoms with van der Waals surface area (Å²) in [4.78, 5) is 0. The average molecular weight is 345 g/mol. The third-order valence-corrected chi connectivity index (χ3v) is 3.86. The van der Waals surface area contributed by atoms with Gasteiger partial charge in [0, 0.05) is 13.1 Å². The predicted octanol–water partition coefficient (Wildman–Crippen LogP) is 2.68. The third-order valence-electron chi connectivity index (χ3n) is 3.86. The molecule has 0 saturated carbocycles. The molecule has 0 bridgehead atoms. The van der Waals surface area contributed by atoms with Gasteiger partial charge in [0.1, 0.15) is 6.61 Å². The van der Waals surface area contributed by atoms with E-state index in [2.05, 4.69) is 24.4 Å². The highest BCUT2D eigenvalue weighted by Gasteiger charge is 2.07. The fourth-order valence-electron chi connectivity index (χ4n) is 2.41. The van der Waals surface area contributed by atoms with Crippen molar-refractivity contribution in [3.8, 4) is 11.5 Å². The first-order chi connectivity index (χ1) is 12.2. The monoisotopic (exact) mass is 345 g/mol. The number of aryl methyl sites for hydroxylation is 1. The summed E-state index contributed by atoms with van der Waals surface area (Å²) in [5.41, 5.74) is 3.49. The Labute approximate surface area is 149 Å². The smallest absolute Gasteiger partial charge is 0.161 e. The van der Waals surface area contributed by atoms with Gasteiger partial charge in [0.05, 0.1) is 26.9 Å². The summed E-state index contributed by atoms with van der Waals surface area (Å²) in [5, 5.41) is 11.9. The lowest BCUT2D eigenvalue weighted by atomic mass is 10.1. The number of aliphatic hydroxyl groups is 1. The fraction of sp³-hybridized carbons (Fsp3) is 0.400. The van der Waals surface area contributed by atoms with E-state index in [1.165, 1.54) is 5.56 Å². The number of aliphatic hydroxyl groups excluding tert-OH is 1. The first-order valence-corrected chi connectivity index (χ1v) is 8.48. The zero-order valence-electron chi connectivity index (χ0n) is 15.0. The van der Waals surface area contributed by atoms with Crippen LogP contribution in [0.1, 0.15) is 16.7 Å². The zero-order chi connectivity index (χ0) is 17.9. The molecule has 0 amide bonds. The minimum absolute atomic E-state index is 0.0567. The van der Waals surface area contributed by atoms with Crippen molar-refractivity contribution in [2.24, 2.45) is 0 Å². The molecule has 2 rings (SSSR count). The van der Waals surface area contributed by atoms with Crippen LogP contribution in [0.2, 0.25) is 0 Å². The molecule has 0 aliphatic carbocycles. The van der Waals surface area contributed by atoms with E-state index in [0.29, 0.717) is 19.8 Å². The van der Waals surface area contributed by atoms with Crippen LogP contribution < -0.4 is 14.8 Å². The molecular weight excluding hydrogens is 318 g/mol. The maximum atomic E-state index is 8.64. The van der Waals surface area contributed by atoms with Gasteiger partial charge < -0.3 is 24.6 Å². The molecule has 0 radical (unpaired) electrons. The summed E-state index contributed by atoms with van der Waals surface area (Å²) in [7, 11) is 1.65. The summed E-state index contributed by atoms with van der Waals surface area (Å²) >= 11 is 0. The molecule has 5 heteroatoms. The second kappa shape index (κ2) is 10.7. The van der Waals surface area contributed by atoms with Gasteiger partial charge in [0.15, 0.2) is 11.5 Å². The Morgan fingerprint density at radius 2 is 1.88 bits per heavy atom. The minimum atomic E-state index is 0.0567. The largest absolute Gasteiger partial charge is 0.493 e. The Bertz CT molecular complexity index is 645. The molecule has 0 fully saturated rings. The van der Waals surface area contributed by atoms with E-state index in [-0.39, 0.29) is 6.61 Å². The molecule has 0 saturated heterocycles. The molecule has 0 aliphatic heterocycles. The van der Waals surface area contributed by atoms with Crippen LogP contribution in [0.4, 0.5) is 0 Å². The predicted molar refractivity (Wildman–Crippen MR) is 98.1 cm³/mol. The van der Waals surface area contributed by atoms with E-state index in [1.807, 2.05) is 30.3 Å². The highest BCUT2D eigenvalue weighted by molar-refractivity contribution is 5.43. The van der Waals surface area contributed by atoms with Gasteiger partial charge in [-0.3, -0.25) is 0 Å². The summed E-state index contributed by atoms with van der Waals surface area (Å²) in [5.74, 6) is 1.46. The highest BCUT2D eigenvalue weighted by atomic mass is 16.5. The van der Waals surface area contributed by atoms with Gasteiger partial charge in [-0.1, -0.05) is 30.3 Å². The van der Waals surface area contributed by atoms with Gasteiger partial charge in [0.25, 0.3) is 0 Å². The molecule has 0 aliphatic rings. The fourth-order valence-corrected chi connectivity index (χ4v) is 2.41. The first kappa shape index (κ1) is 19.2. The van der Waals surface area contributed by atoms with Crippen LogP contribution in [0, 0.1) is 6.92 Å². The Kier molecular flexibility index (Phi) is 8.25. The van der Waals surface area contributed by atoms with Crippen LogP contribution in [0.25, 0.3) is 0 Å². The minimum Gasteiger partial charge on any atom is -0.493 e. The second-order valence-corrected chi connectivity index (χ2v) is 5.71. The van der Waals surface area contributed by atoms with Gasteiger partial charge in [-0.2, -0.15) is 0 Å². The molecule has 2 aromatic rings. The van der Waals surface area contributed by atoms with Crippen molar-refractivity contribution < 1.29 is 19.3 Å². The van der Waals surface area contributed by atoms with E-state index < -0.39 is 0 Å². The van der Waals surface area contributed by atoms with Crippen molar-refractivity contribution in [1.82, 2.24) is 5.32 Å². The van der Waals surface area contributed by atoms with Gasteiger partial charge in [-0.15, -0.1) is 0 Å². The van der Waals surface area contributed by atoms with Crippen molar-refractivity contribution in [2.75, 3.05) is 33.5 Å². The van der Waals surface area contributed by atoms with Crippen molar-refractivity contribution >= 4 is 0 Å². The summed E-state index contributed by atoms with van der Waals surface area (Å²) < 4.78 is 16.6. The number of methoxy groups -OCH3 is 1. The molecule has 0 heterocycles. The van der Waals surface area contributed by atoms with Crippen molar-refractivity contribution in [3.63, 3.8) is 0 Å². The topological polar surface area (TPSA) is 60.0 Å². The third kappa shape index (κ3) is 6.38. The lowest BCUT2D eigenvalue weighted by Gasteiger charge is -2.13. The van der Waals surface area contributed by atoms with Crippen LogP contribution in [0.15, 0.2) is 42.5 Å². The number of hydrogen-bond donors (Lipinski definition) is 2. The van der Waals surface area contributed by atoms with E-state index in [4.69, 9.17) is 19.3 Å². The average Bonchev–Trinajstić information content (AvgIpc) is 2.64. The Balaban J connectivity index is 1.87. The molecule has 136 valence electrons. The van der Waals surface area contributed by atoms with E-state index in [1.54, 1.807) is 7.11 Å². The Morgan fingerprint density at radius 3 is 2.64 bits per heavy atom. The molecule has 2 N–H and O–H groups in total. The number of ether oxygens (including phenoxy) is 3. The summed E-state index contributed by atoms with van der Waals surface area (Å²) in [6.45, 7) is 5.06. The van der Waals surface area contributed by atoms with Gasteiger partial charge in [-0.05, 0) is 35.7 Å². The van der Waals surface area contributed by atoms with E-state index in [0.717, 1.165) is 35.7 Å². The van der Waals surface area contributed by atoms with Gasteiger partial charge in [0.2, 0.25) is 0 Å². The summed E-state index contributed by atoms with van der Waals surface area (Å²) in [6.07, 6.45) is 0. The Hall–Kier alpha value is -2.08. The van der Waals surface area contributed by atoms with Crippen LogP contribution in [0.5, 0.6) is 11.5 Å². The lowest BCUT2D eigenvalue weighted by molar-refractivity contribution is 0.0938. The van der Waals surface area contributed by atoms with Gasteiger partial charge in [-0.25, -0.2) is 0 Å². The molecule has 0 spiro atoms. The Morgan fingerprint density at radius 1 is 1.04 bits per heavy atom. The summed E-state index contributed by atoms with van der Waals surface area (Å²) in [6, 6.07) is 14.1. The SMILES string of the molecule is COc1cc(CNCCOCCO)ccc1OCc1ccccc1C. The van der Waals surface area contributed by atoms with Gasteiger partial charge >= 0.3 is 0 Å². The van der Waals surface area contributed by atoms with Crippen molar-refractivity contribution in [2.45, 2.75) is 20.1 Å². The van der Waals surface area contributed by atoms with Crippen molar-refractivity contribution in [3.05, 3.63) is 59.2 Å². The molecule has 25 heavy (non-hydrogen) atoms. The maximum Gasteiger partial charge on any atom is 0.161 e. The lowest BCUT2D eigenvalue weighted by Crippen LogP contribution is -2.20. The molecule has 0 aromatic heterocycles. The first-order valence-electron chi connectivity index (χ1n) is 8.48. The molecule has 0 atom stereocenters. The van der Waals surface area contributed by atoms with Crippen LogP contribution in [-0.4, -0.2) is 38.6 Å². The van der Waals surface area contributed by atoms with E-state index >= 15 is 0 Å². The maximum absolute atomic E-state index is 8.64. The zero-order valence-corrected chi connectivity index (χ0v) is 15.0. The second-order valence-electron chi connectivity index (χ2n) is 5.71. The molecular formula is C20H27NO4. The molecule has 2 aromatic carbocycles. The molecule has 0 unspecified atom stereocenters. The van der Waals surface area contributed by atoms with Crippen LogP contribution in [-0.2, 0) is 17.9 Å².